The number of nitrogens with zero attached hydrogens (tertiary/aromatic N) is 1. The maximum atomic E-state index is 11.6. The molecule has 1 atom stereocenters. The summed E-state index contributed by atoms with van der Waals surface area (Å²) in [6.45, 7) is 2.47. The molecular formula is C11H20N2O4. The SMILES string of the molecule is CNC(=O)C1COCCN1CCCC(=O)OC. The van der Waals surface area contributed by atoms with Crippen LogP contribution in [-0.2, 0) is 19.1 Å². The van der Waals surface area contributed by atoms with Crippen LogP contribution in [0.15, 0.2) is 0 Å². The molecule has 1 amide bonds. The van der Waals surface area contributed by atoms with Gasteiger partial charge < -0.3 is 14.8 Å². The number of likely N-dealkylation sites (N-methyl/N-ethyl adjacent to an activating group) is 1. The highest BCUT2D eigenvalue weighted by molar-refractivity contribution is 5.81. The Bertz CT molecular complexity index is 270. The fourth-order valence-electron chi connectivity index (χ4n) is 1.84. The largest absolute Gasteiger partial charge is 0.469 e. The van der Waals surface area contributed by atoms with Crippen molar-refractivity contribution in [3.05, 3.63) is 0 Å². The van der Waals surface area contributed by atoms with Crippen LogP contribution in [0.25, 0.3) is 0 Å². The number of carbonyl (C=O) groups excluding carboxylic acids is 2. The highest BCUT2D eigenvalue weighted by Gasteiger charge is 2.28. The maximum absolute atomic E-state index is 11.6. The Kier molecular flexibility index (Phi) is 5.93. The topological polar surface area (TPSA) is 67.9 Å². The molecule has 1 N–H and O–H groups in total. The lowest BCUT2D eigenvalue weighted by Crippen LogP contribution is -2.53. The summed E-state index contributed by atoms with van der Waals surface area (Å²) < 4.78 is 9.86. The van der Waals surface area contributed by atoms with Gasteiger partial charge in [0.25, 0.3) is 0 Å². The number of esters is 1. The van der Waals surface area contributed by atoms with Gasteiger partial charge in [-0.05, 0) is 13.0 Å². The number of amides is 1. The van der Waals surface area contributed by atoms with E-state index in [4.69, 9.17) is 4.74 Å². The molecule has 17 heavy (non-hydrogen) atoms. The Morgan fingerprint density at radius 3 is 2.94 bits per heavy atom. The quantitative estimate of drug-likeness (QED) is 0.653. The van der Waals surface area contributed by atoms with Crippen LogP contribution >= 0.6 is 0 Å². The third-order valence-electron chi connectivity index (χ3n) is 2.84. The number of rotatable bonds is 5. The van der Waals surface area contributed by atoms with E-state index in [0.29, 0.717) is 32.6 Å². The van der Waals surface area contributed by atoms with Crippen molar-refractivity contribution in [2.24, 2.45) is 0 Å². The van der Waals surface area contributed by atoms with Crippen molar-refractivity contribution in [2.45, 2.75) is 18.9 Å². The van der Waals surface area contributed by atoms with Crippen molar-refractivity contribution in [1.82, 2.24) is 10.2 Å². The van der Waals surface area contributed by atoms with E-state index in [1.54, 1.807) is 7.05 Å². The lowest BCUT2D eigenvalue weighted by molar-refractivity contribution is -0.140. The fraction of sp³-hybridized carbons (Fsp3) is 0.818. The van der Waals surface area contributed by atoms with E-state index in [2.05, 4.69) is 10.1 Å². The molecule has 0 radical (unpaired) electrons. The zero-order valence-electron chi connectivity index (χ0n) is 10.4. The monoisotopic (exact) mass is 244 g/mol. The predicted molar refractivity (Wildman–Crippen MR) is 61.5 cm³/mol. The molecule has 1 rings (SSSR count). The van der Waals surface area contributed by atoms with Crippen LogP contribution in [0.5, 0.6) is 0 Å². The van der Waals surface area contributed by atoms with Crippen LogP contribution in [0.4, 0.5) is 0 Å². The van der Waals surface area contributed by atoms with Gasteiger partial charge in [-0.1, -0.05) is 0 Å². The highest BCUT2D eigenvalue weighted by atomic mass is 16.5. The molecule has 0 saturated carbocycles. The van der Waals surface area contributed by atoms with Crippen molar-refractivity contribution < 1.29 is 19.1 Å². The number of carbonyl (C=O) groups is 2. The molecule has 1 heterocycles. The minimum Gasteiger partial charge on any atom is -0.469 e. The summed E-state index contributed by atoms with van der Waals surface area (Å²) in [6, 6.07) is -0.244. The van der Waals surface area contributed by atoms with Gasteiger partial charge in [0, 0.05) is 20.0 Å². The first kappa shape index (κ1) is 13.9. The molecule has 1 fully saturated rings. The average molecular weight is 244 g/mol. The molecule has 0 aromatic carbocycles. The van der Waals surface area contributed by atoms with E-state index < -0.39 is 0 Å². The Morgan fingerprint density at radius 2 is 2.29 bits per heavy atom. The van der Waals surface area contributed by atoms with Gasteiger partial charge in [-0.3, -0.25) is 14.5 Å². The molecule has 0 aromatic rings. The molecule has 0 bridgehead atoms. The third-order valence-corrected chi connectivity index (χ3v) is 2.84. The van der Waals surface area contributed by atoms with Gasteiger partial charge in [0.15, 0.2) is 0 Å². The first-order chi connectivity index (χ1) is 8.19. The zero-order chi connectivity index (χ0) is 12.7. The number of methoxy groups -OCH3 is 1. The second kappa shape index (κ2) is 7.24. The van der Waals surface area contributed by atoms with Crippen LogP contribution in [-0.4, -0.2) is 63.3 Å². The van der Waals surface area contributed by atoms with Gasteiger partial charge in [0.2, 0.25) is 5.91 Å². The second-order valence-electron chi connectivity index (χ2n) is 3.92. The van der Waals surface area contributed by atoms with Crippen LogP contribution < -0.4 is 5.32 Å². The van der Waals surface area contributed by atoms with Gasteiger partial charge in [0.1, 0.15) is 6.04 Å². The van der Waals surface area contributed by atoms with Crippen molar-refractivity contribution in [3.8, 4) is 0 Å². The van der Waals surface area contributed by atoms with Gasteiger partial charge in [0.05, 0.1) is 20.3 Å². The van der Waals surface area contributed by atoms with Gasteiger partial charge in [-0.15, -0.1) is 0 Å². The van der Waals surface area contributed by atoms with Crippen molar-refractivity contribution in [2.75, 3.05) is 40.5 Å². The van der Waals surface area contributed by atoms with Crippen LogP contribution in [0.1, 0.15) is 12.8 Å². The number of ether oxygens (including phenoxy) is 2. The smallest absolute Gasteiger partial charge is 0.305 e. The molecule has 0 aromatic heterocycles. The van der Waals surface area contributed by atoms with Crippen LogP contribution in [0, 0.1) is 0 Å². The summed E-state index contributed by atoms with van der Waals surface area (Å²) in [4.78, 5) is 24.6. The Morgan fingerprint density at radius 1 is 1.53 bits per heavy atom. The third kappa shape index (κ3) is 4.32. The van der Waals surface area contributed by atoms with E-state index in [9.17, 15) is 9.59 Å². The summed E-state index contributed by atoms with van der Waals surface area (Å²) in [7, 11) is 2.99. The van der Waals surface area contributed by atoms with Crippen LogP contribution in [0.3, 0.4) is 0 Å². The standard InChI is InChI=1S/C11H20N2O4/c1-12-11(15)9-8-17-7-6-13(9)5-3-4-10(14)16-2/h9H,3-8H2,1-2H3,(H,12,15). The molecule has 6 heteroatoms. The number of morpholine rings is 1. The van der Waals surface area contributed by atoms with Crippen molar-refractivity contribution >= 4 is 11.9 Å². The minimum atomic E-state index is -0.244. The number of hydrogen-bond acceptors (Lipinski definition) is 5. The Hall–Kier alpha value is -1.14. The van der Waals surface area contributed by atoms with E-state index in [-0.39, 0.29) is 17.9 Å². The lowest BCUT2D eigenvalue weighted by atomic mass is 10.2. The molecule has 1 aliphatic heterocycles. The van der Waals surface area contributed by atoms with E-state index in [1.165, 1.54) is 7.11 Å². The molecule has 1 aliphatic rings. The summed E-state index contributed by atoms with van der Waals surface area (Å²) in [5.41, 5.74) is 0. The molecular weight excluding hydrogens is 224 g/mol. The van der Waals surface area contributed by atoms with Crippen molar-refractivity contribution in [3.63, 3.8) is 0 Å². The zero-order valence-corrected chi connectivity index (χ0v) is 10.4. The molecule has 1 unspecified atom stereocenters. The summed E-state index contributed by atoms with van der Waals surface area (Å²) in [5.74, 6) is -0.252. The lowest BCUT2D eigenvalue weighted by Gasteiger charge is -2.34. The Labute approximate surface area is 101 Å². The molecule has 98 valence electrons. The number of nitrogens with one attached hydrogen (secondary N) is 1. The molecule has 1 saturated heterocycles. The van der Waals surface area contributed by atoms with Gasteiger partial charge >= 0.3 is 5.97 Å². The van der Waals surface area contributed by atoms with E-state index in [0.717, 1.165) is 6.54 Å². The van der Waals surface area contributed by atoms with E-state index >= 15 is 0 Å². The van der Waals surface area contributed by atoms with Crippen molar-refractivity contribution in [1.29, 1.82) is 0 Å². The normalized spacial score (nSPS) is 20.9. The number of hydrogen-bond donors (Lipinski definition) is 1. The summed E-state index contributed by atoms with van der Waals surface area (Å²) in [5, 5.41) is 2.62. The highest BCUT2D eigenvalue weighted by Crippen LogP contribution is 2.08. The second-order valence-corrected chi connectivity index (χ2v) is 3.92. The Balaban J connectivity index is 2.37. The summed E-state index contributed by atoms with van der Waals surface area (Å²) in [6.07, 6.45) is 1.08. The molecule has 0 spiro atoms. The van der Waals surface area contributed by atoms with Crippen LogP contribution in [0.2, 0.25) is 0 Å². The van der Waals surface area contributed by atoms with E-state index in [1.807, 2.05) is 4.90 Å². The first-order valence-electron chi connectivity index (χ1n) is 5.79. The molecule has 6 nitrogen and oxygen atoms in total. The average Bonchev–Trinajstić information content (AvgIpc) is 2.38. The van der Waals surface area contributed by atoms with Gasteiger partial charge in [-0.2, -0.15) is 0 Å². The summed E-state index contributed by atoms with van der Waals surface area (Å²) >= 11 is 0. The maximum Gasteiger partial charge on any atom is 0.305 e. The first-order valence-corrected chi connectivity index (χ1v) is 5.79. The molecule has 0 aliphatic carbocycles. The minimum absolute atomic E-state index is 0.0391. The van der Waals surface area contributed by atoms with Gasteiger partial charge in [-0.25, -0.2) is 0 Å². The predicted octanol–water partition coefficient (Wildman–Crippen LogP) is -0.614. The fourth-order valence-corrected chi connectivity index (χ4v) is 1.84.